The fourth-order valence-electron chi connectivity index (χ4n) is 2.85. The molecule has 1 heterocycles. The van der Waals surface area contributed by atoms with E-state index < -0.39 is 23.6 Å². The molecule has 0 bridgehead atoms. The lowest BCUT2D eigenvalue weighted by Gasteiger charge is -2.31. The molecule has 3 rings (SSSR count). The number of ether oxygens (including phenoxy) is 1. The Kier molecular flexibility index (Phi) is 5.53. The molecule has 8 heteroatoms. The molecule has 1 aliphatic heterocycles. The molecule has 0 aliphatic carbocycles. The molecular weight excluding hydrogens is 391 g/mol. The molecule has 0 radical (unpaired) electrons. The van der Waals surface area contributed by atoms with Gasteiger partial charge in [-0.25, -0.2) is 9.18 Å². The lowest BCUT2D eigenvalue weighted by Crippen LogP contribution is -2.46. The van der Waals surface area contributed by atoms with Crippen molar-refractivity contribution in [2.45, 2.75) is 6.04 Å². The highest BCUT2D eigenvalue weighted by molar-refractivity contribution is 7.80. The molecule has 5 nitrogen and oxygen atoms in total. The first-order chi connectivity index (χ1) is 12.9. The Bertz CT molecular complexity index is 942. The van der Waals surface area contributed by atoms with Crippen molar-refractivity contribution in [1.82, 2.24) is 10.6 Å². The number of esters is 1. The second-order valence-electron chi connectivity index (χ2n) is 5.64. The zero-order valence-corrected chi connectivity index (χ0v) is 15.7. The number of halogens is 2. The van der Waals surface area contributed by atoms with Gasteiger partial charge in [-0.1, -0.05) is 48.0 Å². The highest BCUT2D eigenvalue weighted by Crippen LogP contribution is 2.36. The van der Waals surface area contributed by atoms with Crippen molar-refractivity contribution < 1.29 is 18.7 Å². The summed E-state index contributed by atoms with van der Waals surface area (Å²) in [5.74, 6) is -2.64. The van der Waals surface area contributed by atoms with Crippen LogP contribution in [0, 0.1) is 5.82 Å². The summed E-state index contributed by atoms with van der Waals surface area (Å²) in [5, 5.41) is 5.98. The van der Waals surface area contributed by atoms with Crippen molar-refractivity contribution in [3.63, 3.8) is 0 Å². The number of rotatable bonds is 4. The number of nitrogens with one attached hydrogen (secondary N) is 2. The number of hydrogen-bond acceptors (Lipinski definition) is 4. The topological polar surface area (TPSA) is 67.4 Å². The molecule has 1 aliphatic rings. The standard InChI is InChI=1S/C19H14ClFN2O3S/c1-26-18(25)17(24)14-15(10-6-3-2-4-7-10)22-19(27)23-16(14)13-11(20)8-5-9-12(13)21/h2-9,16H,1H3,(H2,22,23,27)/t16-/m0/s1. The molecule has 27 heavy (non-hydrogen) atoms. The van der Waals surface area contributed by atoms with Crippen molar-refractivity contribution in [3.05, 3.63) is 76.1 Å². The molecule has 2 aromatic rings. The minimum atomic E-state index is -1.08. The van der Waals surface area contributed by atoms with Crippen LogP contribution in [0.5, 0.6) is 0 Å². The lowest BCUT2D eigenvalue weighted by atomic mass is 9.89. The van der Waals surface area contributed by atoms with Gasteiger partial charge in [0.15, 0.2) is 5.11 Å². The number of hydrogen-bond donors (Lipinski definition) is 2. The molecule has 2 aromatic carbocycles. The molecule has 1 atom stereocenters. The van der Waals surface area contributed by atoms with Crippen molar-refractivity contribution in [2.24, 2.45) is 0 Å². The maximum atomic E-state index is 14.6. The van der Waals surface area contributed by atoms with Gasteiger partial charge in [0.1, 0.15) is 5.82 Å². The van der Waals surface area contributed by atoms with Gasteiger partial charge >= 0.3 is 5.97 Å². The third-order valence-electron chi connectivity index (χ3n) is 4.04. The van der Waals surface area contributed by atoms with E-state index in [1.807, 2.05) is 0 Å². The van der Waals surface area contributed by atoms with Crippen LogP contribution in [0.1, 0.15) is 17.2 Å². The maximum absolute atomic E-state index is 14.6. The predicted octanol–water partition coefficient (Wildman–Crippen LogP) is 3.15. The van der Waals surface area contributed by atoms with E-state index in [0.29, 0.717) is 11.3 Å². The van der Waals surface area contributed by atoms with Gasteiger partial charge in [-0.15, -0.1) is 0 Å². The van der Waals surface area contributed by atoms with Crippen LogP contribution in [0.2, 0.25) is 5.02 Å². The zero-order valence-electron chi connectivity index (χ0n) is 14.1. The fourth-order valence-corrected chi connectivity index (χ4v) is 3.34. The Morgan fingerprint density at radius 1 is 1.15 bits per heavy atom. The van der Waals surface area contributed by atoms with Crippen LogP contribution in [0.15, 0.2) is 54.1 Å². The van der Waals surface area contributed by atoms with Crippen LogP contribution >= 0.6 is 23.8 Å². The summed E-state index contributed by atoms with van der Waals surface area (Å²) >= 11 is 11.4. The van der Waals surface area contributed by atoms with Crippen LogP contribution in [0.3, 0.4) is 0 Å². The Hall–Kier alpha value is -2.77. The third kappa shape index (κ3) is 3.70. The van der Waals surface area contributed by atoms with Gasteiger partial charge in [-0.05, 0) is 29.9 Å². The Morgan fingerprint density at radius 3 is 2.48 bits per heavy atom. The largest absolute Gasteiger partial charge is 0.463 e. The number of carbonyl (C=O) groups excluding carboxylic acids is 2. The third-order valence-corrected chi connectivity index (χ3v) is 4.59. The molecule has 0 unspecified atom stereocenters. The summed E-state index contributed by atoms with van der Waals surface area (Å²) in [4.78, 5) is 24.8. The van der Waals surface area contributed by atoms with Gasteiger partial charge in [-0.3, -0.25) is 4.79 Å². The van der Waals surface area contributed by atoms with Crippen LogP contribution in [0.4, 0.5) is 4.39 Å². The molecule has 0 spiro atoms. The predicted molar refractivity (Wildman–Crippen MR) is 103 cm³/mol. The molecular formula is C19H14ClFN2O3S. The molecule has 0 saturated heterocycles. The molecule has 0 fully saturated rings. The van der Waals surface area contributed by atoms with Crippen LogP contribution in [-0.4, -0.2) is 24.0 Å². The SMILES string of the molecule is COC(=O)C(=O)C1=C(c2ccccc2)NC(=S)N[C@H]1c1c(F)cccc1Cl. The van der Waals surface area contributed by atoms with Gasteiger partial charge in [0.2, 0.25) is 0 Å². The number of benzene rings is 2. The monoisotopic (exact) mass is 404 g/mol. The van der Waals surface area contributed by atoms with E-state index in [4.69, 9.17) is 23.8 Å². The number of Topliss-reactive ketones (excluding diaryl/α,β-unsaturated/α-hetero) is 1. The minimum absolute atomic E-state index is 0.0173. The Morgan fingerprint density at radius 2 is 1.85 bits per heavy atom. The highest BCUT2D eigenvalue weighted by atomic mass is 35.5. The highest BCUT2D eigenvalue weighted by Gasteiger charge is 2.37. The van der Waals surface area contributed by atoms with E-state index in [-0.39, 0.29) is 21.3 Å². The van der Waals surface area contributed by atoms with Crippen molar-refractivity contribution in [3.8, 4) is 0 Å². The zero-order chi connectivity index (χ0) is 19.6. The second kappa shape index (κ2) is 7.85. The van der Waals surface area contributed by atoms with E-state index in [9.17, 15) is 14.0 Å². The van der Waals surface area contributed by atoms with Crippen molar-refractivity contribution >= 4 is 46.4 Å². The number of carbonyl (C=O) groups is 2. The van der Waals surface area contributed by atoms with Gasteiger partial charge in [-0.2, -0.15) is 0 Å². The van der Waals surface area contributed by atoms with Gasteiger partial charge in [0.05, 0.1) is 24.4 Å². The van der Waals surface area contributed by atoms with Crippen LogP contribution in [0.25, 0.3) is 5.70 Å². The summed E-state index contributed by atoms with van der Waals surface area (Å²) < 4.78 is 19.2. The first kappa shape index (κ1) is 19.0. The van der Waals surface area contributed by atoms with E-state index in [0.717, 1.165) is 7.11 Å². The van der Waals surface area contributed by atoms with E-state index in [1.165, 1.54) is 18.2 Å². The normalized spacial score (nSPS) is 16.4. The summed E-state index contributed by atoms with van der Waals surface area (Å²) in [6, 6.07) is 11.9. The van der Waals surface area contributed by atoms with Crippen LogP contribution < -0.4 is 10.6 Å². The average Bonchev–Trinajstić information content (AvgIpc) is 2.67. The summed E-state index contributed by atoms with van der Waals surface area (Å²) in [6.45, 7) is 0. The van der Waals surface area contributed by atoms with E-state index in [1.54, 1.807) is 30.3 Å². The van der Waals surface area contributed by atoms with E-state index >= 15 is 0 Å². The first-order valence-corrected chi connectivity index (χ1v) is 8.66. The smallest absolute Gasteiger partial charge is 0.379 e. The quantitative estimate of drug-likeness (QED) is 0.463. The van der Waals surface area contributed by atoms with Gasteiger partial charge < -0.3 is 15.4 Å². The number of ketones is 1. The van der Waals surface area contributed by atoms with Crippen molar-refractivity contribution in [2.75, 3.05) is 7.11 Å². The Labute approximate surface area is 165 Å². The second-order valence-corrected chi connectivity index (χ2v) is 6.46. The summed E-state index contributed by atoms with van der Waals surface area (Å²) in [6.07, 6.45) is 0. The minimum Gasteiger partial charge on any atom is -0.463 e. The Balaban J connectivity index is 2.29. The van der Waals surface area contributed by atoms with Crippen molar-refractivity contribution in [1.29, 1.82) is 0 Å². The first-order valence-electron chi connectivity index (χ1n) is 7.87. The molecule has 0 amide bonds. The van der Waals surface area contributed by atoms with Gasteiger partial charge in [0, 0.05) is 10.6 Å². The number of thiocarbonyl (C=S) groups is 1. The van der Waals surface area contributed by atoms with E-state index in [2.05, 4.69) is 15.4 Å². The summed E-state index contributed by atoms with van der Waals surface area (Å²) in [7, 11) is 1.10. The molecule has 138 valence electrons. The molecule has 0 saturated carbocycles. The number of methoxy groups -OCH3 is 1. The lowest BCUT2D eigenvalue weighted by molar-refractivity contribution is -0.150. The molecule has 0 aromatic heterocycles. The van der Waals surface area contributed by atoms with Gasteiger partial charge in [0.25, 0.3) is 5.78 Å². The maximum Gasteiger partial charge on any atom is 0.379 e. The molecule has 2 N–H and O–H groups in total. The fraction of sp³-hybridized carbons (Fsp3) is 0.105. The van der Waals surface area contributed by atoms with Crippen LogP contribution in [-0.2, 0) is 14.3 Å². The average molecular weight is 405 g/mol. The summed E-state index contributed by atoms with van der Waals surface area (Å²) in [5.41, 5.74) is 0.877.